The smallest absolute Gasteiger partial charge is 0.308 e. The summed E-state index contributed by atoms with van der Waals surface area (Å²) in [6.45, 7) is 6.86. The molecule has 1 saturated heterocycles. The molecule has 0 aromatic rings. The maximum Gasteiger partial charge on any atom is 0.308 e. The fraction of sp³-hybridized carbons (Fsp3) is 0.833. The van der Waals surface area contributed by atoms with Crippen molar-refractivity contribution in [3.63, 3.8) is 0 Å². The van der Waals surface area contributed by atoms with E-state index in [9.17, 15) is 14.7 Å². The highest BCUT2D eigenvalue weighted by Crippen LogP contribution is 2.14. The number of aliphatic hydroxyl groups excluding tert-OH is 1. The summed E-state index contributed by atoms with van der Waals surface area (Å²) in [4.78, 5) is 22.9. The predicted molar refractivity (Wildman–Crippen MR) is 63.8 cm³/mol. The molecule has 2 atom stereocenters. The fourth-order valence-corrected chi connectivity index (χ4v) is 1.46. The first-order valence-electron chi connectivity index (χ1n) is 6.02. The SMILES string of the molecule is CC(C)(C)COC(=O)C[C@H](O)[C@H]1OCCNC1=O. The van der Waals surface area contributed by atoms with Crippen LogP contribution in [0.4, 0.5) is 0 Å². The van der Waals surface area contributed by atoms with Crippen LogP contribution in [0.5, 0.6) is 0 Å². The van der Waals surface area contributed by atoms with Crippen molar-refractivity contribution in [3.05, 3.63) is 0 Å². The molecule has 0 spiro atoms. The molecule has 1 heterocycles. The molecule has 0 aromatic heterocycles. The van der Waals surface area contributed by atoms with Gasteiger partial charge in [0.25, 0.3) is 5.91 Å². The Morgan fingerprint density at radius 1 is 1.61 bits per heavy atom. The molecule has 104 valence electrons. The maximum absolute atomic E-state index is 11.5. The van der Waals surface area contributed by atoms with Crippen LogP contribution >= 0.6 is 0 Å². The standard InChI is InChI=1S/C12H21NO5/c1-12(2,3)7-18-9(15)6-8(14)10-11(16)13-4-5-17-10/h8,10,14H,4-7H2,1-3H3,(H,13,16)/t8-,10+/m0/s1. The van der Waals surface area contributed by atoms with Gasteiger partial charge in [-0.05, 0) is 5.41 Å². The van der Waals surface area contributed by atoms with Crippen LogP contribution in [0.2, 0.25) is 0 Å². The molecule has 0 unspecified atom stereocenters. The van der Waals surface area contributed by atoms with Gasteiger partial charge in [0, 0.05) is 6.54 Å². The Balaban J connectivity index is 2.36. The third kappa shape index (κ3) is 5.01. The minimum atomic E-state index is -1.17. The lowest BCUT2D eigenvalue weighted by Crippen LogP contribution is -2.50. The Labute approximate surface area is 107 Å². The van der Waals surface area contributed by atoms with Crippen LogP contribution < -0.4 is 5.32 Å². The van der Waals surface area contributed by atoms with Gasteiger partial charge in [0.15, 0.2) is 6.10 Å². The number of ether oxygens (including phenoxy) is 2. The number of morpholine rings is 1. The lowest BCUT2D eigenvalue weighted by Gasteiger charge is -2.26. The van der Waals surface area contributed by atoms with Crippen molar-refractivity contribution in [2.24, 2.45) is 5.41 Å². The number of carbonyl (C=O) groups excluding carboxylic acids is 2. The van der Waals surface area contributed by atoms with E-state index in [0.717, 1.165) is 0 Å². The molecule has 1 rings (SSSR count). The van der Waals surface area contributed by atoms with Gasteiger partial charge in [-0.15, -0.1) is 0 Å². The molecule has 0 bridgehead atoms. The van der Waals surface area contributed by atoms with Crippen molar-refractivity contribution in [1.82, 2.24) is 5.32 Å². The van der Waals surface area contributed by atoms with Crippen LogP contribution in [0.25, 0.3) is 0 Å². The van der Waals surface area contributed by atoms with Crippen molar-refractivity contribution in [1.29, 1.82) is 0 Å². The molecule has 1 amide bonds. The molecule has 6 nitrogen and oxygen atoms in total. The van der Waals surface area contributed by atoms with Crippen LogP contribution in [-0.4, -0.2) is 48.9 Å². The van der Waals surface area contributed by atoms with Crippen LogP contribution in [0.3, 0.4) is 0 Å². The summed E-state index contributed by atoms with van der Waals surface area (Å²) >= 11 is 0. The summed E-state index contributed by atoms with van der Waals surface area (Å²) in [5.41, 5.74) is -0.126. The van der Waals surface area contributed by atoms with E-state index in [1.807, 2.05) is 20.8 Å². The third-order valence-electron chi connectivity index (χ3n) is 2.35. The van der Waals surface area contributed by atoms with Crippen LogP contribution in [0.1, 0.15) is 27.2 Å². The molecule has 1 fully saturated rings. The molecule has 1 aliphatic rings. The number of hydrogen-bond acceptors (Lipinski definition) is 5. The van der Waals surface area contributed by atoms with Crippen LogP contribution in [0, 0.1) is 5.41 Å². The lowest BCUT2D eigenvalue weighted by molar-refractivity contribution is -0.156. The van der Waals surface area contributed by atoms with Crippen molar-refractivity contribution < 1.29 is 24.2 Å². The zero-order chi connectivity index (χ0) is 13.8. The van der Waals surface area contributed by atoms with E-state index < -0.39 is 24.1 Å². The second kappa shape index (κ2) is 6.15. The Morgan fingerprint density at radius 2 is 2.28 bits per heavy atom. The zero-order valence-corrected chi connectivity index (χ0v) is 11.1. The fourth-order valence-electron chi connectivity index (χ4n) is 1.46. The van der Waals surface area contributed by atoms with Gasteiger partial charge in [0.05, 0.1) is 25.7 Å². The highest BCUT2D eigenvalue weighted by Gasteiger charge is 2.32. The monoisotopic (exact) mass is 259 g/mol. The minimum Gasteiger partial charge on any atom is -0.465 e. The van der Waals surface area contributed by atoms with E-state index in [-0.39, 0.29) is 18.4 Å². The van der Waals surface area contributed by atoms with E-state index >= 15 is 0 Å². The predicted octanol–water partition coefficient (Wildman–Crippen LogP) is -0.158. The average Bonchev–Trinajstić information content (AvgIpc) is 2.26. The molecule has 18 heavy (non-hydrogen) atoms. The highest BCUT2D eigenvalue weighted by atomic mass is 16.5. The van der Waals surface area contributed by atoms with Gasteiger partial charge < -0.3 is 19.9 Å². The van der Waals surface area contributed by atoms with Gasteiger partial charge >= 0.3 is 5.97 Å². The Bertz CT molecular complexity index is 310. The van der Waals surface area contributed by atoms with Gasteiger partial charge in [-0.2, -0.15) is 0 Å². The summed E-state index contributed by atoms with van der Waals surface area (Å²) in [6, 6.07) is 0. The molecule has 0 saturated carbocycles. The molecule has 1 aliphatic heterocycles. The highest BCUT2D eigenvalue weighted by molar-refractivity contribution is 5.83. The number of amides is 1. The number of hydrogen-bond donors (Lipinski definition) is 2. The number of carbonyl (C=O) groups is 2. The van der Waals surface area contributed by atoms with Gasteiger partial charge in [-0.3, -0.25) is 9.59 Å². The zero-order valence-electron chi connectivity index (χ0n) is 11.1. The topological polar surface area (TPSA) is 84.9 Å². The minimum absolute atomic E-state index is 0.126. The summed E-state index contributed by atoms with van der Waals surface area (Å²) in [6.07, 6.45) is -2.40. The van der Waals surface area contributed by atoms with E-state index in [1.165, 1.54) is 0 Å². The quantitative estimate of drug-likeness (QED) is 0.685. The van der Waals surface area contributed by atoms with Gasteiger partial charge in [-0.1, -0.05) is 20.8 Å². The third-order valence-corrected chi connectivity index (χ3v) is 2.35. The van der Waals surface area contributed by atoms with E-state index in [0.29, 0.717) is 13.2 Å². The van der Waals surface area contributed by atoms with Crippen molar-refractivity contribution in [2.45, 2.75) is 39.4 Å². The number of esters is 1. The average molecular weight is 259 g/mol. The van der Waals surface area contributed by atoms with Gasteiger partial charge in [0.1, 0.15) is 0 Å². The first kappa shape index (κ1) is 14.9. The molecular weight excluding hydrogens is 238 g/mol. The van der Waals surface area contributed by atoms with Gasteiger partial charge in [0.2, 0.25) is 0 Å². The van der Waals surface area contributed by atoms with Crippen molar-refractivity contribution in [2.75, 3.05) is 19.8 Å². The van der Waals surface area contributed by atoms with E-state index in [4.69, 9.17) is 9.47 Å². The van der Waals surface area contributed by atoms with Crippen molar-refractivity contribution >= 4 is 11.9 Å². The van der Waals surface area contributed by atoms with Crippen LogP contribution in [0.15, 0.2) is 0 Å². The Hall–Kier alpha value is -1.14. The lowest BCUT2D eigenvalue weighted by atomic mass is 9.99. The Kier molecular flexibility index (Phi) is 5.10. The number of nitrogens with one attached hydrogen (secondary N) is 1. The largest absolute Gasteiger partial charge is 0.465 e. The first-order chi connectivity index (χ1) is 8.29. The van der Waals surface area contributed by atoms with E-state index in [1.54, 1.807) is 0 Å². The Morgan fingerprint density at radius 3 is 2.83 bits per heavy atom. The maximum atomic E-state index is 11.5. The molecule has 2 N–H and O–H groups in total. The summed E-state index contributed by atoms with van der Waals surface area (Å²) < 4.78 is 10.1. The second-order valence-electron chi connectivity index (χ2n) is 5.58. The molecule has 0 aromatic carbocycles. The van der Waals surface area contributed by atoms with E-state index in [2.05, 4.69) is 5.32 Å². The second-order valence-corrected chi connectivity index (χ2v) is 5.58. The molecule has 0 aliphatic carbocycles. The molecule has 0 radical (unpaired) electrons. The number of aliphatic hydroxyl groups is 1. The summed E-state index contributed by atoms with van der Waals surface area (Å²) in [5.74, 6) is -0.920. The molecule has 6 heteroatoms. The summed E-state index contributed by atoms with van der Waals surface area (Å²) in [5, 5.41) is 12.3. The molecular formula is C12H21NO5. The summed E-state index contributed by atoms with van der Waals surface area (Å²) in [7, 11) is 0. The van der Waals surface area contributed by atoms with Crippen LogP contribution in [-0.2, 0) is 19.1 Å². The van der Waals surface area contributed by atoms with Crippen molar-refractivity contribution in [3.8, 4) is 0 Å². The normalized spacial score (nSPS) is 22.2. The number of rotatable bonds is 4. The van der Waals surface area contributed by atoms with Gasteiger partial charge in [-0.25, -0.2) is 0 Å². The first-order valence-corrected chi connectivity index (χ1v) is 6.02.